The highest BCUT2D eigenvalue weighted by molar-refractivity contribution is 9.10. The average molecular weight is 563 g/mol. The number of rotatable bonds is 3. The van der Waals surface area contributed by atoms with Crippen molar-refractivity contribution in [2.75, 3.05) is 0 Å². The summed E-state index contributed by atoms with van der Waals surface area (Å²) in [5, 5.41) is 5.03. The van der Waals surface area contributed by atoms with Crippen molar-refractivity contribution >= 4 is 59.5 Å². The van der Waals surface area contributed by atoms with Gasteiger partial charge in [-0.2, -0.15) is 0 Å². The number of nitrogens with zero attached hydrogens (tertiary/aromatic N) is 2. The summed E-state index contributed by atoms with van der Waals surface area (Å²) >= 11 is 4.08. The van der Waals surface area contributed by atoms with Crippen LogP contribution in [0.4, 0.5) is 0 Å². The quantitative estimate of drug-likeness (QED) is 0.202. The molecule has 3 heteroatoms. The van der Waals surface area contributed by atoms with E-state index >= 15 is 0 Å². The topological polar surface area (TPSA) is 9.86 Å². The molecule has 0 spiro atoms. The predicted octanol–water partition coefficient (Wildman–Crippen LogP) is 10.3. The van der Waals surface area contributed by atoms with Crippen LogP contribution in [0.3, 0.4) is 0 Å². The predicted molar refractivity (Wildman–Crippen MR) is 168 cm³/mol. The molecular weight excluding hydrogens is 540 g/mol. The van der Waals surface area contributed by atoms with Gasteiger partial charge < -0.3 is 9.13 Å². The van der Waals surface area contributed by atoms with Crippen LogP contribution in [-0.2, 0) is 0 Å². The summed E-state index contributed by atoms with van der Waals surface area (Å²) < 4.78 is 5.88. The Balaban J connectivity index is 1.54. The van der Waals surface area contributed by atoms with Crippen molar-refractivity contribution in [3.05, 3.63) is 144 Å². The zero-order valence-corrected chi connectivity index (χ0v) is 22.6. The first-order valence-corrected chi connectivity index (χ1v) is 13.9. The lowest BCUT2D eigenvalue weighted by Gasteiger charge is -2.18. The minimum absolute atomic E-state index is 1.07. The number of hydrogen-bond donors (Lipinski definition) is 0. The van der Waals surface area contributed by atoms with Crippen molar-refractivity contribution in [1.29, 1.82) is 0 Å². The normalized spacial score (nSPS) is 11.7. The number of aromatic nitrogens is 2. The standard InChI is InChI=1S/C36H23BrN2/c37-36-30(24-12-2-1-3-13-24)22-25(38-31-18-8-4-14-26(31)27-15-5-9-19-32(27)38)23-35(36)39-33-20-10-6-16-28(33)29-17-7-11-21-34(29)39/h1-23H. The van der Waals surface area contributed by atoms with Gasteiger partial charge in [-0.15, -0.1) is 0 Å². The molecule has 0 amide bonds. The zero-order chi connectivity index (χ0) is 25.9. The van der Waals surface area contributed by atoms with Crippen LogP contribution in [0.25, 0.3) is 66.1 Å². The van der Waals surface area contributed by atoms with E-state index in [1.807, 2.05) is 0 Å². The maximum Gasteiger partial charge on any atom is 0.0631 e. The molecule has 2 aromatic heterocycles. The van der Waals surface area contributed by atoms with Crippen LogP contribution < -0.4 is 0 Å². The number of hydrogen-bond acceptors (Lipinski definition) is 0. The molecule has 8 aromatic rings. The summed E-state index contributed by atoms with van der Waals surface area (Å²) in [6.45, 7) is 0. The SMILES string of the molecule is Brc1c(-c2ccccc2)cc(-n2c3ccccc3c3ccccc32)cc1-n1c2ccccc2c2ccccc21. The summed E-state index contributed by atoms with van der Waals surface area (Å²) in [7, 11) is 0. The molecule has 0 saturated carbocycles. The molecule has 8 rings (SSSR count). The van der Waals surface area contributed by atoms with Gasteiger partial charge in [0.15, 0.2) is 0 Å². The van der Waals surface area contributed by atoms with Crippen molar-refractivity contribution in [2.45, 2.75) is 0 Å². The van der Waals surface area contributed by atoms with Crippen LogP contribution in [0.1, 0.15) is 0 Å². The van der Waals surface area contributed by atoms with E-state index in [0.717, 1.165) is 21.4 Å². The minimum atomic E-state index is 1.07. The van der Waals surface area contributed by atoms with Gasteiger partial charge in [0, 0.05) is 37.3 Å². The number of para-hydroxylation sites is 4. The molecule has 0 saturated heterocycles. The molecule has 0 unspecified atom stereocenters. The van der Waals surface area contributed by atoms with E-state index < -0.39 is 0 Å². The van der Waals surface area contributed by atoms with E-state index in [1.54, 1.807) is 0 Å². The largest absolute Gasteiger partial charge is 0.309 e. The Labute approximate surface area is 234 Å². The first-order valence-electron chi connectivity index (χ1n) is 13.2. The highest BCUT2D eigenvalue weighted by Gasteiger charge is 2.20. The van der Waals surface area contributed by atoms with Gasteiger partial charge in [0.25, 0.3) is 0 Å². The van der Waals surface area contributed by atoms with Gasteiger partial charge in [-0.25, -0.2) is 0 Å². The number of halogens is 1. The first-order chi connectivity index (χ1) is 19.3. The highest BCUT2D eigenvalue weighted by Crippen LogP contribution is 2.42. The maximum absolute atomic E-state index is 4.08. The molecule has 184 valence electrons. The van der Waals surface area contributed by atoms with Crippen LogP contribution in [0.5, 0.6) is 0 Å². The molecule has 0 fully saturated rings. The average Bonchev–Trinajstić information content (AvgIpc) is 3.51. The monoisotopic (exact) mass is 562 g/mol. The lowest BCUT2D eigenvalue weighted by atomic mass is 10.0. The van der Waals surface area contributed by atoms with E-state index in [9.17, 15) is 0 Å². The van der Waals surface area contributed by atoms with E-state index in [2.05, 4.69) is 165 Å². The molecule has 39 heavy (non-hydrogen) atoms. The van der Waals surface area contributed by atoms with Gasteiger partial charge in [-0.3, -0.25) is 0 Å². The van der Waals surface area contributed by atoms with Crippen LogP contribution in [-0.4, -0.2) is 9.13 Å². The molecule has 0 N–H and O–H groups in total. The first kappa shape index (κ1) is 22.4. The molecule has 0 aliphatic carbocycles. The van der Waals surface area contributed by atoms with Crippen LogP contribution in [0.15, 0.2) is 144 Å². The molecule has 0 aliphatic heterocycles. The molecule has 0 bridgehead atoms. The van der Waals surface area contributed by atoms with Crippen LogP contribution in [0.2, 0.25) is 0 Å². The second-order valence-electron chi connectivity index (χ2n) is 9.93. The Bertz CT molecular complexity index is 2080. The highest BCUT2D eigenvalue weighted by atomic mass is 79.9. The molecule has 0 atom stereocenters. The molecular formula is C36H23BrN2. The fraction of sp³-hybridized carbons (Fsp3) is 0. The van der Waals surface area contributed by atoms with Gasteiger partial charge in [-0.1, -0.05) is 103 Å². The summed E-state index contributed by atoms with van der Waals surface area (Å²) in [4.78, 5) is 0. The van der Waals surface area contributed by atoms with Crippen molar-refractivity contribution in [3.8, 4) is 22.5 Å². The Hall–Kier alpha value is -4.60. The third-order valence-corrected chi connectivity index (χ3v) is 8.62. The Morgan fingerprint density at radius 3 is 1.31 bits per heavy atom. The Morgan fingerprint density at radius 2 is 0.821 bits per heavy atom. The van der Waals surface area contributed by atoms with Gasteiger partial charge in [-0.05, 0) is 57.9 Å². The fourth-order valence-electron chi connectivity index (χ4n) is 6.10. The number of fused-ring (bicyclic) bond motifs is 6. The van der Waals surface area contributed by atoms with E-state index in [0.29, 0.717) is 0 Å². The summed E-state index contributed by atoms with van der Waals surface area (Å²) in [6.07, 6.45) is 0. The fourth-order valence-corrected chi connectivity index (χ4v) is 6.73. The maximum atomic E-state index is 4.08. The molecule has 2 heterocycles. The van der Waals surface area contributed by atoms with Gasteiger partial charge in [0.2, 0.25) is 0 Å². The Kier molecular flexibility index (Phi) is 5.01. The van der Waals surface area contributed by atoms with Gasteiger partial charge >= 0.3 is 0 Å². The van der Waals surface area contributed by atoms with E-state index in [1.165, 1.54) is 49.2 Å². The zero-order valence-electron chi connectivity index (χ0n) is 21.1. The van der Waals surface area contributed by atoms with Crippen molar-refractivity contribution in [3.63, 3.8) is 0 Å². The summed E-state index contributed by atoms with van der Waals surface area (Å²) in [5.41, 5.74) is 9.37. The van der Waals surface area contributed by atoms with Crippen molar-refractivity contribution in [1.82, 2.24) is 9.13 Å². The summed E-state index contributed by atoms with van der Waals surface area (Å²) in [5.74, 6) is 0. The third-order valence-electron chi connectivity index (χ3n) is 7.78. The van der Waals surface area contributed by atoms with Crippen molar-refractivity contribution in [2.24, 2.45) is 0 Å². The molecule has 2 nitrogen and oxygen atoms in total. The van der Waals surface area contributed by atoms with Gasteiger partial charge in [0.05, 0.1) is 27.8 Å². The summed E-state index contributed by atoms with van der Waals surface area (Å²) in [6, 6.07) is 50.1. The second-order valence-corrected chi connectivity index (χ2v) is 10.7. The smallest absolute Gasteiger partial charge is 0.0631 e. The lowest BCUT2D eigenvalue weighted by molar-refractivity contribution is 1.13. The number of benzene rings is 6. The van der Waals surface area contributed by atoms with Crippen LogP contribution in [0, 0.1) is 0 Å². The minimum Gasteiger partial charge on any atom is -0.309 e. The third kappa shape index (κ3) is 3.33. The van der Waals surface area contributed by atoms with Gasteiger partial charge in [0.1, 0.15) is 0 Å². The Morgan fingerprint density at radius 1 is 0.410 bits per heavy atom. The second kappa shape index (κ2) is 8.72. The lowest BCUT2D eigenvalue weighted by Crippen LogP contribution is -2.01. The molecule has 0 radical (unpaired) electrons. The van der Waals surface area contributed by atoms with Crippen molar-refractivity contribution < 1.29 is 0 Å². The van der Waals surface area contributed by atoms with E-state index in [-0.39, 0.29) is 0 Å². The molecule has 0 aliphatic rings. The van der Waals surface area contributed by atoms with Crippen LogP contribution >= 0.6 is 15.9 Å². The molecule has 6 aromatic carbocycles. The van der Waals surface area contributed by atoms with E-state index in [4.69, 9.17) is 0 Å².